The SMILES string of the molecule is CCOCCOCC(OCCO)C1OCC(OCCO)C1OCCO. The summed E-state index contributed by atoms with van der Waals surface area (Å²) >= 11 is 0. The van der Waals surface area contributed by atoms with Gasteiger partial charge in [-0.2, -0.15) is 0 Å². The summed E-state index contributed by atoms with van der Waals surface area (Å²) in [5, 5.41) is 27.0. The molecule has 1 aliphatic rings. The van der Waals surface area contributed by atoms with E-state index in [2.05, 4.69) is 0 Å². The van der Waals surface area contributed by atoms with Crippen molar-refractivity contribution in [2.75, 3.05) is 72.7 Å². The van der Waals surface area contributed by atoms with Crippen molar-refractivity contribution in [1.82, 2.24) is 0 Å². The molecule has 150 valence electrons. The number of hydrogen-bond donors (Lipinski definition) is 3. The predicted octanol–water partition coefficient (Wildman–Crippen LogP) is -1.43. The van der Waals surface area contributed by atoms with E-state index in [-0.39, 0.29) is 52.4 Å². The Balaban J connectivity index is 2.60. The smallest absolute Gasteiger partial charge is 0.115 e. The zero-order chi connectivity index (χ0) is 18.3. The highest BCUT2D eigenvalue weighted by Crippen LogP contribution is 2.25. The van der Waals surface area contributed by atoms with Crippen LogP contribution in [0, 0.1) is 0 Å². The Hall–Kier alpha value is -0.360. The molecule has 0 bridgehead atoms. The lowest BCUT2D eigenvalue weighted by atomic mass is 10.1. The second-order valence-electron chi connectivity index (χ2n) is 5.39. The molecular weight excluding hydrogens is 336 g/mol. The molecule has 0 aromatic rings. The van der Waals surface area contributed by atoms with Gasteiger partial charge >= 0.3 is 0 Å². The van der Waals surface area contributed by atoms with Gasteiger partial charge in [0, 0.05) is 6.61 Å². The molecule has 0 amide bonds. The van der Waals surface area contributed by atoms with Crippen molar-refractivity contribution >= 4 is 0 Å². The summed E-state index contributed by atoms with van der Waals surface area (Å²) in [7, 11) is 0. The van der Waals surface area contributed by atoms with Crippen molar-refractivity contribution in [2.24, 2.45) is 0 Å². The van der Waals surface area contributed by atoms with Gasteiger partial charge in [-0.05, 0) is 6.92 Å². The second kappa shape index (κ2) is 14.8. The van der Waals surface area contributed by atoms with Crippen LogP contribution in [0.15, 0.2) is 0 Å². The lowest BCUT2D eigenvalue weighted by molar-refractivity contribution is -0.136. The maximum Gasteiger partial charge on any atom is 0.115 e. The van der Waals surface area contributed by atoms with Crippen LogP contribution in [0.3, 0.4) is 0 Å². The Morgan fingerprint density at radius 3 is 2.28 bits per heavy atom. The van der Waals surface area contributed by atoms with Crippen molar-refractivity contribution in [2.45, 2.75) is 31.3 Å². The van der Waals surface area contributed by atoms with E-state index in [0.29, 0.717) is 26.4 Å². The van der Waals surface area contributed by atoms with Gasteiger partial charge in [0.25, 0.3) is 0 Å². The van der Waals surface area contributed by atoms with Crippen molar-refractivity contribution in [3.05, 3.63) is 0 Å². The zero-order valence-corrected chi connectivity index (χ0v) is 14.9. The molecule has 3 N–H and O–H groups in total. The summed E-state index contributed by atoms with van der Waals surface area (Å²) in [6.07, 6.45) is -1.75. The number of aliphatic hydroxyl groups is 3. The molecule has 1 aliphatic heterocycles. The van der Waals surface area contributed by atoms with Gasteiger partial charge in [0.05, 0.1) is 66.1 Å². The molecule has 0 saturated carbocycles. The fourth-order valence-corrected chi connectivity index (χ4v) is 2.57. The Kier molecular flexibility index (Phi) is 13.4. The van der Waals surface area contributed by atoms with E-state index >= 15 is 0 Å². The molecule has 0 aliphatic carbocycles. The first-order chi connectivity index (χ1) is 12.3. The summed E-state index contributed by atoms with van der Waals surface area (Å²) in [5.74, 6) is 0. The molecule has 4 unspecified atom stereocenters. The van der Waals surface area contributed by atoms with E-state index < -0.39 is 18.3 Å². The minimum absolute atomic E-state index is 0.0983. The van der Waals surface area contributed by atoms with E-state index in [4.69, 9.17) is 43.7 Å². The molecule has 4 atom stereocenters. The second-order valence-corrected chi connectivity index (χ2v) is 5.39. The molecule has 0 aromatic heterocycles. The molecule has 0 spiro atoms. The monoisotopic (exact) mass is 368 g/mol. The van der Waals surface area contributed by atoms with Crippen LogP contribution < -0.4 is 0 Å². The Morgan fingerprint density at radius 1 is 0.920 bits per heavy atom. The summed E-state index contributed by atoms with van der Waals surface area (Å²) in [4.78, 5) is 0. The van der Waals surface area contributed by atoms with Gasteiger partial charge in [-0.25, -0.2) is 0 Å². The maximum atomic E-state index is 9.03. The van der Waals surface area contributed by atoms with E-state index in [9.17, 15) is 0 Å². The highest BCUT2D eigenvalue weighted by atomic mass is 16.6. The average molecular weight is 368 g/mol. The Labute approximate surface area is 148 Å². The number of ether oxygens (including phenoxy) is 6. The van der Waals surface area contributed by atoms with Crippen molar-refractivity contribution < 1.29 is 43.7 Å². The minimum atomic E-state index is -0.464. The minimum Gasteiger partial charge on any atom is -0.394 e. The van der Waals surface area contributed by atoms with Crippen LogP contribution in [0.4, 0.5) is 0 Å². The van der Waals surface area contributed by atoms with Crippen LogP contribution in [-0.2, 0) is 28.4 Å². The average Bonchev–Trinajstić information content (AvgIpc) is 3.03. The Morgan fingerprint density at radius 2 is 1.60 bits per heavy atom. The van der Waals surface area contributed by atoms with Gasteiger partial charge in [0.2, 0.25) is 0 Å². The van der Waals surface area contributed by atoms with Gasteiger partial charge in [-0.1, -0.05) is 0 Å². The van der Waals surface area contributed by atoms with Gasteiger partial charge < -0.3 is 43.7 Å². The van der Waals surface area contributed by atoms with Gasteiger partial charge in [0.1, 0.15) is 24.4 Å². The van der Waals surface area contributed by atoms with Crippen LogP contribution in [0.5, 0.6) is 0 Å². The first kappa shape index (κ1) is 22.7. The quantitative estimate of drug-likeness (QED) is 0.282. The number of hydrogen-bond acceptors (Lipinski definition) is 9. The van der Waals surface area contributed by atoms with Crippen molar-refractivity contribution in [1.29, 1.82) is 0 Å². The zero-order valence-electron chi connectivity index (χ0n) is 14.9. The summed E-state index contributed by atoms with van der Waals surface area (Å²) in [6, 6.07) is 0. The van der Waals surface area contributed by atoms with E-state index in [1.165, 1.54) is 0 Å². The summed E-state index contributed by atoms with van der Waals surface area (Å²) < 4.78 is 33.5. The van der Waals surface area contributed by atoms with Gasteiger partial charge in [-0.3, -0.25) is 0 Å². The van der Waals surface area contributed by atoms with E-state index in [0.717, 1.165) is 0 Å². The number of rotatable bonds is 16. The van der Waals surface area contributed by atoms with Crippen molar-refractivity contribution in [3.63, 3.8) is 0 Å². The van der Waals surface area contributed by atoms with Crippen LogP contribution in [-0.4, -0.2) is 112 Å². The molecule has 1 heterocycles. The largest absolute Gasteiger partial charge is 0.394 e. The van der Waals surface area contributed by atoms with Crippen LogP contribution in [0.2, 0.25) is 0 Å². The lowest BCUT2D eigenvalue weighted by Gasteiger charge is -2.29. The maximum absolute atomic E-state index is 9.03. The first-order valence-electron chi connectivity index (χ1n) is 8.72. The fraction of sp³-hybridized carbons (Fsp3) is 1.00. The molecule has 9 nitrogen and oxygen atoms in total. The Bertz CT molecular complexity index is 305. The third-order valence-corrected chi connectivity index (χ3v) is 3.62. The third kappa shape index (κ3) is 8.72. The van der Waals surface area contributed by atoms with Gasteiger partial charge in [-0.15, -0.1) is 0 Å². The standard InChI is InChI=1S/C16H32O9/c1-2-20-9-10-21-11-13(22-6-3-17)16-15(24-8-5-19)14(12-25-16)23-7-4-18/h13-19H,2-12H2,1H3. The van der Waals surface area contributed by atoms with E-state index in [1.54, 1.807) is 0 Å². The third-order valence-electron chi connectivity index (χ3n) is 3.62. The number of aliphatic hydroxyl groups excluding tert-OH is 3. The van der Waals surface area contributed by atoms with Crippen LogP contribution in [0.25, 0.3) is 0 Å². The van der Waals surface area contributed by atoms with Crippen LogP contribution >= 0.6 is 0 Å². The van der Waals surface area contributed by atoms with E-state index in [1.807, 2.05) is 6.92 Å². The molecular formula is C16H32O9. The highest BCUT2D eigenvalue weighted by molar-refractivity contribution is 4.91. The van der Waals surface area contributed by atoms with Gasteiger partial charge in [0.15, 0.2) is 0 Å². The highest BCUT2D eigenvalue weighted by Gasteiger charge is 2.43. The molecule has 1 fully saturated rings. The lowest BCUT2D eigenvalue weighted by Crippen LogP contribution is -2.45. The molecule has 1 rings (SSSR count). The fourth-order valence-electron chi connectivity index (χ4n) is 2.57. The van der Waals surface area contributed by atoms with Crippen molar-refractivity contribution in [3.8, 4) is 0 Å². The predicted molar refractivity (Wildman–Crippen MR) is 87.5 cm³/mol. The molecule has 0 radical (unpaired) electrons. The normalized spacial score (nSPS) is 24.7. The topological polar surface area (TPSA) is 116 Å². The van der Waals surface area contributed by atoms with Crippen LogP contribution in [0.1, 0.15) is 6.92 Å². The summed E-state index contributed by atoms with van der Waals surface area (Å²) in [5.41, 5.74) is 0. The molecule has 1 saturated heterocycles. The molecule has 25 heavy (non-hydrogen) atoms. The summed E-state index contributed by atoms with van der Waals surface area (Å²) in [6.45, 7) is 4.12. The first-order valence-corrected chi connectivity index (χ1v) is 8.72. The molecule has 9 heteroatoms. The molecule has 0 aromatic carbocycles.